The largest absolute Gasteiger partial charge is 0.465 e. The van der Waals surface area contributed by atoms with E-state index < -0.39 is 5.97 Å². The summed E-state index contributed by atoms with van der Waals surface area (Å²) in [5.74, 6) is -0.401. The molecule has 0 aliphatic rings. The standard InChI is InChI=1S/C13H11Cl2NO2/c1-18-13(17)10-6-12(15)16(8-10)7-9-3-2-4-11(14)5-9/h2-6,8H,7H2,1H3. The number of methoxy groups -OCH3 is 1. The van der Waals surface area contributed by atoms with E-state index in [1.54, 1.807) is 16.8 Å². The molecule has 1 aromatic heterocycles. The van der Waals surface area contributed by atoms with Gasteiger partial charge in [-0.25, -0.2) is 4.79 Å². The van der Waals surface area contributed by atoms with Crippen LogP contribution >= 0.6 is 23.2 Å². The van der Waals surface area contributed by atoms with Crippen molar-refractivity contribution in [2.24, 2.45) is 0 Å². The van der Waals surface area contributed by atoms with Crippen molar-refractivity contribution in [2.45, 2.75) is 6.54 Å². The zero-order valence-corrected chi connectivity index (χ0v) is 11.2. The number of carbonyl (C=O) groups is 1. The predicted molar refractivity (Wildman–Crippen MR) is 71.3 cm³/mol. The van der Waals surface area contributed by atoms with Gasteiger partial charge in [-0.15, -0.1) is 0 Å². The minimum absolute atomic E-state index is 0.401. The van der Waals surface area contributed by atoms with Crippen molar-refractivity contribution >= 4 is 29.2 Å². The average molecular weight is 284 g/mol. The first-order chi connectivity index (χ1) is 8.60. The molecule has 0 atom stereocenters. The summed E-state index contributed by atoms with van der Waals surface area (Å²) in [5.41, 5.74) is 1.45. The van der Waals surface area contributed by atoms with Crippen LogP contribution in [0.3, 0.4) is 0 Å². The maximum Gasteiger partial charge on any atom is 0.339 e. The molecule has 0 saturated carbocycles. The van der Waals surface area contributed by atoms with Gasteiger partial charge in [-0.1, -0.05) is 35.3 Å². The number of nitrogens with zero attached hydrogens (tertiary/aromatic N) is 1. The van der Waals surface area contributed by atoms with Crippen molar-refractivity contribution in [1.29, 1.82) is 0 Å². The van der Waals surface area contributed by atoms with Gasteiger partial charge in [-0.3, -0.25) is 0 Å². The van der Waals surface area contributed by atoms with Crippen molar-refractivity contribution in [3.05, 3.63) is 57.8 Å². The fraction of sp³-hybridized carbons (Fsp3) is 0.154. The van der Waals surface area contributed by atoms with E-state index >= 15 is 0 Å². The molecule has 0 aliphatic carbocycles. The number of hydrogen-bond donors (Lipinski definition) is 0. The lowest BCUT2D eigenvalue weighted by Gasteiger charge is -2.05. The highest BCUT2D eigenvalue weighted by Gasteiger charge is 2.11. The summed E-state index contributed by atoms with van der Waals surface area (Å²) < 4.78 is 6.41. The van der Waals surface area contributed by atoms with Crippen LogP contribution < -0.4 is 0 Å². The van der Waals surface area contributed by atoms with Crippen LogP contribution in [0.25, 0.3) is 0 Å². The van der Waals surface area contributed by atoms with Gasteiger partial charge < -0.3 is 9.30 Å². The Labute approximate surface area is 115 Å². The molecule has 94 valence electrons. The molecule has 5 heteroatoms. The van der Waals surface area contributed by atoms with Crippen LogP contribution in [0.2, 0.25) is 10.2 Å². The van der Waals surface area contributed by atoms with Crippen LogP contribution in [-0.4, -0.2) is 17.6 Å². The Morgan fingerprint density at radius 2 is 2.11 bits per heavy atom. The molecular formula is C13H11Cl2NO2. The Kier molecular flexibility index (Phi) is 3.94. The van der Waals surface area contributed by atoms with Crippen molar-refractivity contribution in [2.75, 3.05) is 7.11 Å². The molecule has 2 aromatic rings. The molecule has 0 spiro atoms. The van der Waals surface area contributed by atoms with Crippen molar-refractivity contribution < 1.29 is 9.53 Å². The van der Waals surface area contributed by atoms with Gasteiger partial charge in [-0.2, -0.15) is 0 Å². The second kappa shape index (κ2) is 5.46. The first-order valence-electron chi connectivity index (χ1n) is 5.28. The lowest BCUT2D eigenvalue weighted by atomic mass is 10.2. The van der Waals surface area contributed by atoms with Crippen LogP contribution in [0.1, 0.15) is 15.9 Å². The van der Waals surface area contributed by atoms with Crippen LogP contribution in [0.15, 0.2) is 36.5 Å². The van der Waals surface area contributed by atoms with E-state index in [-0.39, 0.29) is 0 Å². The topological polar surface area (TPSA) is 31.2 Å². The zero-order chi connectivity index (χ0) is 13.1. The van der Waals surface area contributed by atoms with Gasteiger partial charge in [0.2, 0.25) is 0 Å². The number of ether oxygens (including phenoxy) is 1. The van der Waals surface area contributed by atoms with E-state index in [1.807, 2.05) is 24.3 Å². The van der Waals surface area contributed by atoms with Crippen molar-refractivity contribution in [3.8, 4) is 0 Å². The summed E-state index contributed by atoms with van der Waals surface area (Å²) in [6, 6.07) is 9.06. The van der Waals surface area contributed by atoms with Crippen LogP contribution in [0, 0.1) is 0 Å². The first-order valence-corrected chi connectivity index (χ1v) is 6.04. The number of carbonyl (C=O) groups excluding carboxylic acids is 1. The molecule has 0 saturated heterocycles. The summed E-state index contributed by atoms with van der Waals surface area (Å²) in [5, 5.41) is 1.15. The lowest BCUT2D eigenvalue weighted by molar-refractivity contribution is 0.0600. The van der Waals surface area contributed by atoms with Crippen molar-refractivity contribution in [1.82, 2.24) is 4.57 Å². The molecule has 3 nitrogen and oxygen atoms in total. The quantitative estimate of drug-likeness (QED) is 0.806. The zero-order valence-electron chi connectivity index (χ0n) is 9.69. The summed E-state index contributed by atoms with van der Waals surface area (Å²) in [6.07, 6.45) is 1.66. The Morgan fingerprint density at radius 1 is 1.33 bits per heavy atom. The first kappa shape index (κ1) is 13.0. The van der Waals surface area contributed by atoms with Gasteiger partial charge in [0.25, 0.3) is 0 Å². The molecule has 0 fully saturated rings. The third kappa shape index (κ3) is 2.86. The van der Waals surface area contributed by atoms with Gasteiger partial charge in [0.05, 0.1) is 12.7 Å². The highest BCUT2D eigenvalue weighted by molar-refractivity contribution is 6.30. The van der Waals surface area contributed by atoms with E-state index in [0.29, 0.717) is 22.3 Å². The third-order valence-electron chi connectivity index (χ3n) is 2.51. The number of esters is 1. The fourth-order valence-corrected chi connectivity index (χ4v) is 2.10. The molecule has 0 amide bonds. The van der Waals surface area contributed by atoms with E-state index in [9.17, 15) is 4.79 Å². The number of hydrogen-bond acceptors (Lipinski definition) is 2. The second-order valence-electron chi connectivity index (χ2n) is 3.80. The maximum absolute atomic E-state index is 11.4. The van der Waals surface area contributed by atoms with E-state index in [4.69, 9.17) is 23.2 Å². The number of benzene rings is 1. The normalized spacial score (nSPS) is 10.4. The van der Waals surface area contributed by atoms with Gasteiger partial charge in [-0.05, 0) is 23.8 Å². The smallest absolute Gasteiger partial charge is 0.339 e. The number of aromatic nitrogens is 1. The van der Waals surface area contributed by atoms with Crippen molar-refractivity contribution in [3.63, 3.8) is 0 Å². The molecule has 0 N–H and O–H groups in total. The van der Waals surface area contributed by atoms with Gasteiger partial charge in [0, 0.05) is 17.8 Å². The van der Waals surface area contributed by atoms with E-state index in [0.717, 1.165) is 5.56 Å². The molecule has 0 radical (unpaired) electrons. The predicted octanol–water partition coefficient (Wildman–Crippen LogP) is 3.63. The molecule has 2 rings (SSSR count). The van der Waals surface area contributed by atoms with Crippen LogP contribution in [0.4, 0.5) is 0 Å². The van der Waals surface area contributed by atoms with Crippen LogP contribution in [-0.2, 0) is 11.3 Å². The Bertz CT molecular complexity index is 578. The SMILES string of the molecule is COC(=O)c1cc(Cl)n(Cc2cccc(Cl)c2)c1. The molecule has 1 aromatic carbocycles. The van der Waals surface area contributed by atoms with Gasteiger partial charge >= 0.3 is 5.97 Å². The number of halogens is 2. The minimum Gasteiger partial charge on any atom is -0.465 e. The molecule has 0 bridgehead atoms. The summed E-state index contributed by atoms with van der Waals surface area (Å²) in [7, 11) is 1.34. The lowest BCUT2D eigenvalue weighted by Crippen LogP contribution is -2.01. The van der Waals surface area contributed by atoms with E-state index in [2.05, 4.69) is 4.74 Å². The Hall–Kier alpha value is -1.45. The fourth-order valence-electron chi connectivity index (χ4n) is 1.66. The van der Waals surface area contributed by atoms with Crippen LogP contribution in [0.5, 0.6) is 0 Å². The summed E-state index contributed by atoms with van der Waals surface area (Å²) in [4.78, 5) is 11.4. The Balaban J connectivity index is 2.24. The third-order valence-corrected chi connectivity index (χ3v) is 3.07. The highest BCUT2D eigenvalue weighted by Crippen LogP contribution is 2.18. The second-order valence-corrected chi connectivity index (χ2v) is 4.62. The number of rotatable bonds is 3. The molecule has 18 heavy (non-hydrogen) atoms. The Morgan fingerprint density at radius 3 is 2.78 bits per heavy atom. The molecular weight excluding hydrogens is 273 g/mol. The molecule has 1 heterocycles. The molecule has 0 aliphatic heterocycles. The monoisotopic (exact) mass is 283 g/mol. The maximum atomic E-state index is 11.4. The summed E-state index contributed by atoms with van der Waals surface area (Å²) >= 11 is 12.0. The highest BCUT2D eigenvalue weighted by atomic mass is 35.5. The van der Waals surface area contributed by atoms with Gasteiger partial charge in [0.15, 0.2) is 0 Å². The average Bonchev–Trinajstić information content (AvgIpc) is 2.70. The minimum atomic E-state index is -0.401. The summed E-state index contributed by atoms with van der Waals surface area (Å²) in [6.45, 7) is 0.552. The van der Waals surface area contributed by atoms with E-state index in [1.165, 1.54) is 7.11 Å². The molecule has 0 unspecified atom stereocenters. The van der Waals surface area contributed by atoms with Gasteiger partial charge in [0.1, 0.15) is 5.15 Å².